The fourth-order valence-electron chi connectivity index (χ4n) is 3.03. The normalized spacial score (nSPS) is 23.4. The van der Waals surface area contributed by atoms with E-state index in [4.69, 9.17) is 4.74 Å². The van der Waals surface area contributed by atoms with E-state index in [9.17, 15) is 8.42 Å². The summed E-state index contributed by atoms with van der Waals surface area (Å²) in [6.07, 6.45) is 3.59. The van der Waals surface area contributed by atoms with Gasteiger partial charge in [0.15, 0.2) is 0 Å². The second-order valence-electron chi connectivity index (χ2n) is 6.29. The Morgan fingerprint density at radius 1 is 1.32 bits per heavy atom. The molecule has 1 aromatic carbocycles. The molecule has 1 unspecified atom stereocenters. The summed E-state index contributed by atoms with van der Waals surface area (Å²) in [6.45, 7) is 2.63. The Kier molecular flexibility index (Phi) is 4.70. The molecule has 0 bridgehead atoms. The van der Waals surface area contributed by atoms with Crippen LogP contribution in [0.5, 0.6) is 5.75 Å². The van der Waals surface area contributed by atoms with Crippen LogP contribution in [0.2, 0.25) is 0 Å². The lowest BCUT2D eigenvalue weighted by atomic mass is 10.1. The quantitative estimate of drug-likeness (QED) is 0.866. The van der Waals surface area contributed by atoms with Crippen LogP contribution in [0.4, 0.5) is 0 Å². The number of nitrogens with zero attached hydrogens (tertiary/aromatic N) is 1. The van der Waals surface area contributed by atoms with E-state index in [0.717, 1.165) is 51.1 Å². The van der Waals surface area contributed by atoms with Crippen LogP contribution in [0.15, 0.2) is 24.3 Å². The molecule has 2 fully saturated rings. The van der Waals surface area contributed by atoms with Gasteiger partial charge < -0.3 is 4.74 Å². The molecule has 1 N–H and O–H groups in total. The first-order chi connectivity index (χ1) is 10.6. The molecule has 5 nitrogen and oxygen atoms in total. The van der Waals surface area contributed by atoms with E-state index >= 15 is 0 Å². The number of likely N-dealkylation sites (tertiary alicyclic amines) is 1. The average Bonchev–Trinajstić information content (AvgIpc) is 3.32. The van der Waals surface area contributed by atoms with Gasteiger partial charge in [0.05, 0.1) is 12.4 Å². The highest BCUT2D eigenvalue weighted by atomic mass is 32.2. The van der Waals surface area contributed by atoms with E-state index in [0.29, 0.717) is 0 Å². The minimum absolute atomic E-state index is 0.0463. The fourth-order valence-corrected chi connectivity index (χ4v) is 4.64. The molecule has 2 aliphatic rings. The number of hydrogen-bond acceptors (Lipinski definition) is 4. The summed E-state index contributed by atoms with van der Waals surface area (Å²) >= 11 is 0. The van der Waals surface area contributed by atoms with Crippen molar-refractivity contribution in [2.45, 2.75) is 43.5 Å². The molecule has 122 valence electrons. The van der Waals surface area contributed by atoms with Crippen LogP contribution in [0.3, 0.4) is 0 Å². The molecular weight excluding hydrogens is 300 g/mol. The van der Waals surface area contributed by atoms with Crippen molar-refractivity contribution in [1.29, 1.82) is 0 Å². The van der Waals surface area contributed by atoms with Gasteiger partial charge in [0.1, 0.15) is 5.75 Å². The Labute approximate surface area is 132 Å². The number of nitrogens with one attached hydrogen (secondary N) is 1. The Morgan fingerprint density at radius 2 is 2.14 bits per heavy atom. The number of ether oxygens (including phenoxy) is 1. The Hall–Kier alpha value is -1.11. The molecule has 0 amide bonds. The molecule has 0 aromatic heterocycles. The maximum Gasteiger partial charge on any atom is 0.214 e. The third-order valence-electron chi connectivity index (χ3n) is 4.34. The summed E-state index contributed by atoms with van der Waals surface area (Å²) in [5, 5.41) is -0.138. The number of piperidine rings is 1. The minimum atomic E-state index is -3.09. The fraction of sp³-hybridized carbons (Fsp3) is 0.625. The van der Waals surface area contributed by atoms with Gasteiger partial charge in [-0.15, -0.1) is 0 Å². The van der Waals surface area contributed by atoms with Crippen LogP contribution in [-0.4, -0.2) is 44.8 Å². The van der Waals surface area contributed by atoms with Gasteiger partial charge in [-0.2, -0.15) is 0 Å². The lowest BCUT2D eigenvalue weighted by Gasteiger charge is -2.33. The van der Waals surface area contributed by atoms with Gasteiger partial charge in [0, 0.05) is 19.1 Å². The maximum atomic E-state index is 12.1. The number of benzene rings is 1. The van der Waals surface area contributed by atoms with Crippen molar-refractivity contribution in [2.75, 3.05) is 20.2 Å². The molecule has 1 saturated heterocycles. The molecule has 22 heavy (non-hydrogen) atoms. The van der Waals surface area contributed by atoms with Gasteiger partial charge in [-0.05, 0) is 49.9 Å². The Morgan fingerprint density at radius 3 is 2.86 bits per heavy atom. The van der Waals surface area contributed by atoms with Crippen molar-refractivity contribution in [3.8, 4) is 5.75 Å². The van der Waals surface area contributed by atoms with Crippen LogP contribution in [0.25, 0.3) is 0 Å². The third-order valence-corrected chi connectivity index (χ3v) is 6.35. The number of sulfonamides is 1. The third kappa shape index (κ3) is 4.00. The number of rotatable bonds is 6. The first kappa shape index (κ1) is 15.8. The standard InChI is InChI=1S/C16H24N2O3S/c1-21-15-6-2-4-13(10-15)11-18-9-3-5-14(12-18)17-22(19,20)16-7-8-16/h2,4,6,10,14,16-17H,3,5,7-9,11-12H2,1H3. The molecule has 1 heterocycles. The van der Waals surface area contributed by atoms with Crippen molar-refractivity contribution in [3.05, 3.63) is 29.8 Å². The van der Waals surface area contributed by atoms with E-state index in [1.807, 2.05) is 18.2 Å². The van der Waals surface area contributed by atoms with Crippen LogP contribution < -0.4 is 9.46 Å². The summed E-state index contributed by atoms with van der Waals surface area (Å²) in [4.78, 5) is 2.32. The molecule has 6 heteroatoms. The van der Waals surface area contributed by atoms with Crippen LogP contribution >= 0.6 is 0 Å². The topological polar surface area (TPSA) is 58.6 Å². The SMILES string of the molecule is COc1cccc(CN2CCCC(NS(=O)(=O)C3CC3)C2)c1. The molecule has 0 radical (unpaired) electrons. The van der Waals surface area contributed by atoms with E-state index in [-0.39, 0.29) is 11.3 Å². The van der Waals surface area contributed by atoms with E-state index in [1.165, 1.54) is 5.56 Å². The van der Waals surface area contributed by atoms with E-state index in [1.54, 1.807) is 7.11 Å². The zero-order valence-corrected chi connectivity index (χ0v) is 13.8. The molecule has 1 aromatic rings. The maximum absolute atomic E-state index is 12.1. The Balaban J connectivity index is 1.58. The minimum Gasteiger partial charge on any atom is -0.497 e. The molecule has 1 aliphatic heterocycles. The van der Waals surface area contributed by atoms with Crippen LogP contribution in [0, 0.1) is 0 Å². The molecule has 3 rings (SSSR count). The lowest BCUT2D eigenvalue weighted by molar-refractivity contribution is 0.194. The molecular formula is C16H24N2O3S. The summed E-state index contributed by atoms with van der Waals surface area (Å²) in [5.41, 5.74) is 1.20. The molecule has 1 atom stereocenters. The number of methoxy groups -OCH3 is 1. The van der Waals surface area contributed by atoms with Crippen molar-refractivity contribution in [3.63, 3.8) is 0 Å². The molecule has 0 spiro atoms. The van der Waals surface area contributed by atoms with Gasteiger partial charge in [-0.3, -0.25) is 4.90 Å². The van der Waals surface area contributed by atoms with Gasteiger partial charge in [0.25, 0.3) is 0 Å². The van der Waals surface area contributed by atoms with Crippen molar-refractivity contribution >= 4 is 10.0 Å². The first-order valence-corrected chi connectivity index (χ1v) is 9.48. The Bertz CT molecular complexity index is 614. The molecule has 1 aliphatic carbocycles. The zero-order chi connectivity index (χ0) is 15.6. The van der Waals surface area contributed by atoms with Gasteiger partial charge in [-0.1, -0.05) is 12.1 Å². The second-order valence-corrected chi connectivity index (χ2v) is 8.28. The highest BCUT2D eigenvalue weighted by molar-refractivity contribution is 7.90. The van der Waals surface area contributed by atoms with Gasteiger partial charge in [-0.25, -0.2) is 13.1 Å². The summed E-state index contributed by atoms with van der Waals surface area (Å²) < 4.78 is 32.3. The predicted octanol–water partition coefficient (Wildman–Crippen LogP) is 1.74. The predicted molar refractivity (Wildman–Crippen MR) is 86.4 cm³/mol. The van der Waals surface area contributed by atoms with Crippen molar-refractivity contribution < 1.29 is 13.2 Å². The van der Waals surface area contributed by atoms with Crippen molar-refractivity contribution in [1.82, 2.24) is 9.62 Å². The van der Waals surface area contributed by atoms with Crippen LogP contribution in [0.1, 0.15) is 31.2 Å². The van der Waals surface area contributed by atoms with Gasteiger partial charge in [0.2, 0.25) is 10.0 Å². The summed E-state index contributed by atoms with van der Waals surface area (Å²) in [6, 6.07) is 8.10. The summed E-state index contributed by atoms with van der Waals surface area (Å²) in [5.74, 6) is 0.862. The summed E-state index contributed by atoms with van der Waals surface area (Å²) in [7, 11) is -1.42. The van der Waals surface area contributed by atoms with Crippen molar-refractivity contribution in [2.24, 2.45) is 0 Å². The number of hydrogen-bond donors (Lipinski definition) is 1. The van der Waals surface area contributed by atoms with Gasteiger partial charge >= 0.3 is 0 Å². The average molecular weight is 324 g/mol. The van der Waals surface area contributed by atoms with Crippen LogP contribution in [-0.2, 0) is 16.6 Å². The second kappa shape index (κ2) is 6.56. The largest absolute Gasteiger partial charge is 0.497 e. The monoisotopic (exact) mass is 324 g/mol. The smallest absolute Gasteiger partial charge is 0.214 e. The first-order valence-electron chi connectivity index (χ1n) is 7.93. The zero-order valence-electron chi connectivity index (χ0n) is 13.0. The lowest BCUT2D eigenvalue weighted by Crippen LogP contribution is -2.48. The highest BCUT2D eigenvalue weighted by Gasteiger charge is 2.37. The highest BCUT2D eigenvalue weighted by Crippen LogP contribution is 2.28. The van der Waals surface area contributed by atoms with E-state index in [2.05, 4.69) is 15.7 Å². The van der Waals surface area contributed by atoms with E-state index < -0.39 is 10.0 Å². The molecule has 1 saturated carbocycles.